The van der Waals surface area contributed by atoms with Gasteiger partial charge in [0.2, 0.25) is 11.8 Å². The quantitative estimate of drug-likeness (QED) is 0.615. The van der Waals surface area contributed by atoms with Crippen molar-refractivity contribution in [1.82, 2.24) is 10.2 Å². The van der Waals surface area contributed by atoms with Crippen LogP contribution in [0.4, 0.5) is 11.4 Å². The highest BCUT2D eigenvalue weighted by molar-refractivity contribution is 5.96. The second-order valence-electron chi connectivity index (χ2n) is 4.76. The highest BCUT2D eigenvalue weighted by atomic mass is 16.6. The predicted octanol–water partition coefficient (Wildman–Crippen LogP) is 0.354. The SMILES string of the molecule is C[C@H](C(=O)Nc1ccccc1[N+](=O)[O-])N1CCNC(=O)C1. The molecular weight excluding hydrogens is 276 g/mol. The van der Waals surface area contributed by atoms with Crippen molar-refractivity contribution < 1.29 is 14.5 Å². The third-order valence-corrected chi connectivity index (χ3v) is 3.35. The van der Waals surface area contributed by atoms with Crippen LogP contribution in [0.15, 0.2) is 24.3 Å². The van der Waals surface area contributed by atoms with Crippen molar-refractivity contribution in [3.63, 3.8) is 0 Å². The maximum atomic E-state index is 12.2. The predicted molar refractivity (Wildman–Crippen MR) is 75.8 cm³/mol. The number of para-hydroxylation sites is 2. The Hall–Kier alpha value is -2.48. The van der Waals surface area contributed by atoms with Crippen LogP contribution in [-0.2, 0) is 9.59 Å². The monoisotopic (exact) mass is 292 g/mol. The minimum absolute atomic E-state index is 0.133. The summed E-state index contributed by atoms with van der Waals surface area (Å²) in [6, 6.07) is 5.41. The Morgan fingerprint density at radius 2 is 2.19 bits per heavy atom. The molecule has 0 unspecified atom stereocenters. The fourth-order valence-corrected chi connectivity index (χ4v) is 2.13. The van der Waals surface area contributed by atoms with Crippen LogP contribution < -0.4 is 10.6 Å². The number of amides is 2. The van der Waals surface area contributed by atoms with Crippen LogP contribution in [0.2, 0.25) is 0 Å². The van der Waals surface area contributed by atoms with Gasteiger partial charge in [0.05, 0.1) is 17.5 Å². The molecule has 2 rings (SSSR count). The summed E-state index contributed by atoms with van der Waals surface area (Å²) in [4.78, 5) is 35.6. The Labute approximate surface area is 121 Å². The standard InChI is InChI=1S/C13H16N4O4/c1-9(16-7-6-14-12(18)8-16)13(19)15-10-4-2-3-5-11(10)17(20)21/h2-5,9H,6-8H2,1H3,(H,14,18)(H,15,19)/t9-/m1/s1. The zero-order valence-electron chi connectivity index (χ0n) is 11.5. The summed E-state index contributed by atoms with van der Waals surface area (Å²) in [5.41, 5.74) is -0.00440. The van der Waals surface area contributed by atoms with Gasteiger partial charge in [0.25, 0.3) is 5.69 Å². The first-order valence-electron chi connectivity index (χ1n) is 6.54. The second kappa shape index (κ2) is 6.31. The number of nitro benzene ring substituents is 1. The molecule has 1 aromatic carbocycles. The highest BCUT2D eigenvalue weighted by Crippen LogP contribution is 2.23. The normalized spacial score (nSPS) is 16.9. The number of piperazine rings is 1. The molecule has 1 aromatic rings. The summed E-state index contributed by atoms with van der Waals surface area (Å²) in [6.45, 7) is 2.87. The molecule has 1 fully saturated rings. The number of rotatable bonds is 4. The zero-order valence-corrected chi connectivity index (χ0v) is 11.5. The van der Waals surface area contributed by atoms with Gasteiger partial charge in [0, 0.05) is 19.2 Å². The molecule has 0 aromatic heterocycles. The maximum absolute atomic E-state index is 12.2. The van der Waals surface area contributed by atoms with Crippen LogP contribution >= 0.6 is 0 Å². The maximum Gasteiger partial charge on any atom is 0.292 e. The molecule has 1 heterocycles. The first-order valence-corrected chi connectivity index (χ1v) is 6.54. The summed E-state index contributed by atoms with van der Waals surface area (Å²) < 4.78 is 0. The van der Waals surface area contributed by atoms with E-state index in [0.29, 0.717) is 13.1 Å². The molecule has 0 aliphatic carbocycles. The number of benzene rings is 1. The Bertz CT molecular complexity index is 575. The van der Waals surface area contributed by atoms with E-state index in [0.717, 1.165) is 0 Å². The number of nitrogens with one attached hydrogen (secondary N) is 2. The molecule has 2 amide bonds. The largest absolute Gasteiger partial charge is 0.354 e. The fraction of sp³-hybridized carbons (Fsp3) is 0.385. The third kappa shape index (κ3) is 3.54. The van der Waals surface area contributed by atoms with Gasteiger partial charge < -0.3 is 10.6 Å². The van der Waals surface area contributed by atoms with Gasteiger partial charge in [0.15, 0.2) is 0 Å². The Balaban J connectivity index is 2.07. The van der Waals surface area contributed by atoms with Gasteiger partial charge in [-0.1, -0.05) is 12.1 Å². The van der Waals surface area contributed by atoms with Crippen molar-refractivity contribution in [2.75, 3.05) is 25.0 Å². The van der Waals surface area contributed by atoms with Crippen molar-refractivity contribution in [2.45, 2.75) is 13.0 Å². The molecule has 0 radical (unpaired) electrons. The summed E-state index contributed by atoms with van der Waals surface area (Å²) in [6.07, 6.45) is 0. The molecule has 112 valence electrons. The van der Waals surface area contributed by atoms with E-state index < -0.39 is 11.0 Å². The van der Waals surface area contributed by atoms with E-state index in [1.54, 1.807) is 17.9 Å². The number of hydrogen-bond donors (Lipinski definition) is 2. The Kier molecular flexibility index (Phi) is 4.49. The lowest BCUT2D eigenvalue weighted by molar-refractivity contribution is -0.383. The smallest absolute Gasteiger partial charge is 0.292 e. The number of anilines is 1. The summed E-state index contributed by atoms with van der Waals surface area (Å²) in [7, 11) is 0. The van der Waals surface area contributed by atoms with Gasteiger partial charge in [-0.15, -0.1) is 0 Å². The van der Waals surface area contributed by atoms with Crippen LogP contribution in [0.5, 0.6) is 0 Å². The molecular formula is C13H16N4O4. The van der Waals surface area contributed by atoms with Crippen LogP contribution in [0.1, 0.15) is 6.92 Å². The number of hydrogen-bond acceptors (Lipinski definition) is 5. The van der Waals surface area contributed by atoms with E-state index in [9.17, 15) is 19.7 Å². The number of carbonyl (C=O) groups is 2. The average Bonchev–Trinajstić information content (AvgIpc) is 2.46. The summed E-state index contributed by atoms with van der Waals surface area (Å²) in [5, 5.41) is 16.1. The van der Waals surface area contributed by atoms with Gasteiger partial charge >= 0.3 is 0 Å². The van der Waals surface area contributed by atoms with Crippen LogP contribution in [-0.4, -0.2) is 47.3 Å². The van der Waals surface area contributed by atoms with Gasteiger partial charge in [-0.25, -0.2) is 0 Å². The minimum atomic E-state index is -0.547. The van der Waals surface area contributed by atoms with Crippen molar-refractivity contribution in [3.8, 4) is 0 Å². The van der Waals surface area contributed by atoms with Crippen molar-refractivity contribution >= 4 is 23.2 Å². The summed E-state index contributed by atoms with van der Waals surface area (Å²) in [5.74, 6) is -0.509. The van der Waals surface area contributed by atoms with Crippen molar-refractivity contribution in [1.29, 1.82) is 0 Å². The highest BCUT2D eigenvalue weighted by Gasteiger charge is 2.27. The first-order chi connectivity index (χ1) is 9.99. The van der Waals surface area contributed by atoms with E-state index in [1.807, 2.05) is 0 Å². The van der Waals surface area contributed by atoms with Crippen LogP contribution in [0, 0.1) is 10.1 Å². The van der Waals surface area contributed by atoms with Crippen LogP contribution in [0.3, 0.4) is 0 Å². The topological polar surface area (TPSA) is 105 Å². The molecule has 0 saturated carbocycles. The van der Waals surface area contributed by atoms with E-state index >= 15 is 0 Å². The number of carbonyl (C=O) groups excluding carboxylic acids is 2. The average molecular weight is 292 g/mol. The van der Waals surface area contributed by atoms with E-state index in [4.69, 9.17) is 0 Å². The molecule has 21 heavy (non-hydrogen) atoms. The Morgan fingerprint density at radius 1 is 1.48 bits per heavy atom. The molecule has 1 atom stereocenters. The number of nitrogens with zero attached hydrogens (tertiary/aromatic N) is 2. The molecule has 1 aliphatic rings. The second-order valence-corrected chi connectivity index (χ2v) is 4.76. The first kappa shape index (κ1) is 14.9. The lowest BCUT2D eigenvalue weighted by atomic mass is 10.2. The molecule has 8 heteroatoms. The zero-order chi connectivity index (χ0) is 15.4. The Morgan fingerprint density at radius 3 is 2.86 bits per heavy atom. The van der Waals surface area contributed by atoms with Gasteiger partial charge in [-0.2, -0.15) is 0 Å². The third-order valence-electron chi connectivity index (χ3n) is 3.35. The molecule has 2 N–H and O–H groups in total. The van der Waals surface area contributed by atoms with Gasteiger partial charge in [0.1, 0.15) is 5.69 Å². The fourth-order valence-electron chi connectivity index (χ4n) is 2.13. The molecule has 1 saturated heterocycles. The molecule has 0 spiro atoms. The lowest BCUT2D eigenvalue weighted by Crippen LogP contribution is -2.53. The molecule has 0 bridgehead atoms. The van der Waals surface area contributed by atoms with E-state index in [1.165, 1.54) is 18.2 Å². The van der Waals surface area contributed by atoms with Crippen molar-refractivity contribution in [2.24, 2.45) is 0 Å². The van der Waals surface area contributed by atoms with Crippen LogP contribution in [0.25, 0.3) is 0 Å². The van der Waals surface area contributed by atoms with Gasteiger partial charge in [-0.3, -0.25) is 24.6 Å². The van der Waals surface area contributed by atoms with E-state index in [-0.39, 0.29) is 29.7 Å². The lowest BCUT2D eigenvalue weighted by Gasteiger charge is -2.31. The van der Waals surface area contributed by atoms with E-state index in [2.05, 4.69) is 10.6 Å². The number of nitro groups is 1. The minimum Gasteiger partial charge on any atom is -0.354 e. The van der Waals surface area contributed by atoms with Gasteiger partial charge in [-0.05, 0) is 13.0 Å². The summed E-state index contributed by atoms with van der Waals surface area (Å²) >= 11 is 0. The van der Waals surface area contributed by atoms with Crippen molar-refractivity contribution in [3.05, 3.63) is 34.4 Å². The molecule has 8 nitrogen and oxygen atoms in total. The molecule has 1 aliphatic heterocycles.